The Labute approximate surface area is 108 Å². The molecule has 0 aliphatic rings. The van der Waals surface area contributed by atoms with Crippen molar-refractivity contribution >= 4 is 12.0 Å². The minimum Gasteiger partial charge on any atom is -0.465 e. The number of carbonyl (C=O) groups is 1. The molecule has 0 spiro atoms. The maximum atomic E-state index is 12.1. The van der Waals surface area contributed by atoms with Crippen molar-refractivity contribution in [3.05, 3.63) is 30.2 Å². The molecule has 0 fully saturated rings. The Morgan fingerprint density at radius 3 is 2.72 bits per heavy atom. The summed E-state index contributed by atoms with van der Waals surface area (Å²) in [6, 6.07) is 3.74. The predicted octanol–water partition coefficient (Wildman–Crippen LogP) is 2.30. The van der Waals surface area contributed by atoms with E-state index < -0.39 is 0 Å². The number of furan rings is 1. The Kier molecular flexibility index (Phi) is 6.22. The molecule has 0 aliphatic carbocycles. The average molecular weight is 251 g/mol. The van der Waals surface area contributed by atoms with E-state index in [1.807, 2.05) is 13.8 Å². The van der Waals surface area contributed by atoms with Crippen LogP contribution < -0.4 is 0 Å². The Morgan fingerprint density at radius 2 is 2.22 bits per heavy atom. The fourth-order valence-corrected chi connectivity index (χ4v) is 1.95. The summed E-state index contributed by atoms with van der Waals surface area (Å²) >= 11 is 0. The van der Waals surface area contributed by atoms with Crippen molar-refractivity contribution in [2.75, 3.05) is 13.2 Å². The second-order valence-corrected chi connectivity index (χ2v) is 4.07. The van der Waals surface area contributed by atoms with Crippen LogP contribution in [0.4, 0.5) is 0 Å². The van der Waals surface area contributed by atoms with Crippen LogP contribution in [0.2, 0.25) is 0 Å². The molecule has 0 aliphatic heterocycles. The van der Waals surface area contributed by atoms with Crippen LogP contribution in [-0.2, 0) is 4.79 Å². The Hall–Kier alpha value is -1.55. The van der Waals surface area contributed by atoms with E-state index in [0.29, 0.717) is 12.3 Å². The zero-order valence-corrected chi connectivity index (χ0v) is 11.0. The molecule has 18 heavy (non-hydrogen) atoms. The van der Waals surface area contributed by atoms with Gasteiger partial charge in [-0.2, -0.15) is 0 Å². The summed E-state index contributed by atoms with van der Waals surface area (Å²) in [4.78, 5) is 13.8. The van der Waals surface area contributed by atoms with Gasteiger partial charge in [0.05, 0.1) is 12.9 Å². The minimum absolute atomic E-state index is 0.0170. The number of hydrogen-bond acceptors (Lipinski definition) is 3. The van der Waals surface area contributed by atoms with E-state index in [2.05, 4.69) is 0 Å². The molecule has 1 heterocycles. The van der Waals surface area contributed by atoms with Crippen LogP contribution in [0.5, 0.6) is 0 Å². The van der Waals surface area contributed by atoms with Gasteiger partial charge in [0.1, 0.15) is 5.76 Å². The summed E-state index contributed by atoms with van der Waals surface area (Å²) in [5.74, 6) is 0.561. The number of aliphatic hydroxyl groups excluding tert-OH is 1. The third-order valence-electron chi connectivity index (χ3n) is 2.94. The van der Waals surface area contributed by atoms with Crippen molar-refractivity contribution in [1.29, 1.82) is 0 Å². The first-order valence-electron chi connectivity index (χ1n) is 6.35. The molecule has 4 nitrogen and oxygen atoms in total. The lowest BCUT2D eigenvalue weighted by Gasteiger charge is -2.28. The molecule has 1 rings (SSSR count). The second kappa shape index (κ2) is 7.71. The molecular formula is C14H21NO3. The van der Waals surface area contributed by atoms with E-state index in [1.165, 1.54) is 6.08 Å². The highest BCUT2D eigenvalue weighted by molar-refractivity contribution is 5.91. The Morgan fingerprint density at radius 1 is 1.50 bits per heavy atom. The average Bonchev–Trinajstić information content (AvgIpc) is 2.89. The molecule has 1 N–H and O–H groups in total. The summed E-state index contributed by atoms with van der Waals surface area (Å²) in [7, 11) is 0. The van der Waals surface area contributed by atoms with Crippen LogP contribution >= 0.6 is 0 Å². The summed E-state index contributed by atoms with van der Waals surface area (Å²) in [6.07, 6.45) is 6.48. The van der Waals surface area contributed by atoms with Crippen LogP contribution in [0.25, 0.3) is 6.08 Å². The zero-order chi connectivity index (χ0) is 13.4. The van der Waals surface area contributed by atoms with Gasteiger partial charge in [-0.1, -0.05) is 13.8 Å². The SMILES string of the molecule is CCC(CC)N(CCO)C(=O)C=Cc1ccco1. The third kappa shape index (κ3) is 4.04. The number of hydrogen-bond donors (Lipinski definition) is 1. The lowest BCUT2D eigenvalue weighted by atomic mass is 10.1. The quantitative estimate of drug-likeness (QED) is 0.756. The van der Waals surface area contributed by atoms with Gasteiger partial charge in [0, 0.05) is 18.7 Å². The first kappa shape index (κ1) is 14.5. The number of amides is 1. The lowest BCUT2D eigenvalue weighted by molar-refractivity contribution is -0.129. The summed E-state index contributed by atoms with van der Waals surface area (Å²) < 4.78 is 5.13. The van der Waals surface area contributed by atoms with Crippen LogP contribution in [0.3, 0.4) is 0 Å². The highest BCUT2D eigenvalue weighted by atomic mass is 16.3. The zero-order valence-electron chi connectivity index (χ0n) is 11.0. The smallest absolute Gasteiger partial charge is 0.247 e. The van der Waals surface area contributed by atoms with Crippen molar-refractivity contribution in [1.82, 2.24) is 4.90 Å². The normalized spacial score (nSPS) is 11.3. The van der Waals surface area contributed by atoms with E-state index in [1.54, 1.807) is 29.4 Å². The number of nitrogens with zero attached hydrogens (tertiary/aromatic N) is 1. The topological polar surface area (TPSA) is 53.7 Å². The van der Waals surface area contributed by atoms with Gasteiger partial charge >= 0.3 is 0 Å². The van der Waals surface area contributed by atoms with Crippen molar-refractivity contribution in [2.45, 2.75) is 32.7 Å². The van der Waals surface area contributed by atoms with Crippen molar-refractivity contribution in [2.24, 2.45) is 0 Å². The van der Waals surface area contributed by atoms with Gasteiger partial charge in [-0.25, -0.2) is 0 Å². The van der Waals surface area contributed by atoms with E-state index in [4.69, 9.17) is 9.52 Å². The van der Waals surface area contributed by atoms with Gasteiger partial charge in [0.25, 0.3) is 0 Å². The predicted molar refractivity (Wildman–Crippen MR) is 70.9 cm³/mol. The molecule has 0 unspecified atom stereocenters. The van der Waals surface area contributed by atoms with E-state index in [-0.39, 0.29) is 18.6 Å². The third-order valence-corrected chi connectivity index (χ3v) is 2.94. The summed E-state index contributed by atoms with van der Waals surface area (Å²) in [5.41, 5.74) is 0. The van der Waals surface area contributed by atoms with Crippen LogP contribution in [0.1, 0.15) is 32.4 Å². The van der Waals surface area contributed by atoms with Crippen molar-refractivity contribution < 1.29 is 14.3 Å². The van der Waals surface area contributed by atoms with Crippen molar-refractivity contribution in [3.63, 3.8) is 0 Å². The Bertz CT molecular complexity index is 366. The van der Waals surface area contributed by atoms with Gasteiger partial charge < -0.3 is 14.4 Å². The largest absolute Gasteiger partial charge is 0.465 e. The lowest BCUT2D eigenvalue weighted by Crippen LogP contribution is -2.40. The molecule has 4 heteroatoms. The van der Waals surface area contributed by atoms with Gasteiger partial charge in [-0.05, 0) is 31.1 Å². The highest BCUT2D eigenvalue weighted by Crippen LogP contribution is 2.10. The van der Waals surface area contributed by atoms with Crippen LogP contribution in [0.15, 0.2) is 28.9 Å². The molecule has 0 atom stereocenters. The molecule has 1 amide bonds. The number of carbonyl (C=O) groups excluding carboxylic acids is 1. The number of aliphatic hydroxyl groups is 1. The van der Waals surface area contributed by atoms with Crippen LogP contribution in [0, 0.1) is 0 Å². The van der Waals surface area contributed by atoms with E-state index in [0.717, 1.165) is 12.8 Å². The minimum atomic E-state index is -0.0887. The van der Waals surface area contributed by atoms with Gasteiger partial charge in [-0.3, -0.25) is 4.79 Å². The van der Waals surface area contributed by atoms with Crippen molar-refractivity contribution in [3.8, 4) is 0 Å². The maximum Gasteiger partial charge on any atom is 0.247 e. The molecule has 1 aromatic heterocycles. The Balaban J connectivity index is 2.70. The molecule has 100 valence electrons. The summed E-state index contributed by atoms with van der Waals surface area (Å²) in [5, 5.41) is 9.04. The molecule has 0 bridgehead atoms. The fourth-order valence-electron chi connectivity index (χ4n) is 1.95. The fraction of sp³-hybridized carbons (Fsp3) is 0.500. The molecule has 0 saturated heterocycles. The second-order valence-electron chi connectivity index (χ2n) is 4.07. The molecule has 0 saturated carbocycles. The number of rotatable bonds is 7. The molecule has 0 radical (unpaired) electrons. The van der Waals surface area contributed by atoms with E-state index in [9.17, 15) is 4.79 Å². The van der Waals surface area contributed by atoms with Gasteiger partial charge in [-0.15, -0.1) is 0 Å². The highest BCUT2D eigenvalue weighted by Gasteiger charge is 2.18. The molecule has 0 aromatic carbocycles. The first-order chi connectivity index (χ1) is 8.72. The standard InChI is InChI=1S/C14H21NO3/c1-3-12(4-2)15(9-10-16)14(17)8-7-13-6-5-11-18-13/h5-8,11-12,16H,3-4,9-10H2,1-2H3. The monoisotopic (exact) mass is 251 g/mol. The molecular weight excluding hydrogens is 230 g/mol. The van der Waals surface area contributed by atoms with Crippen LogP contribution in [-0.4, -0.2) is 35.1 Å². The first-order valence-corrected chi connectivity index (χ1v) is 6.35. The van der Waals surface area contributed by atoms with Gasteiger partial charge in [0.2, 0.25) is 5.91 Å². The maximum absolute atomic E-state index is 12.1. The van der Waals surface area contributed by atoms with Gasteiger partial charge in [0.15, 0.2) is 0 Å². The van der Waals surface area contributed by atoms with E-state index >= 15 is 0 Å². The molecule has 1 aromatic rings. The summed E-state index contributed by atoms with van der Waals surface area (Å²) in [6.45, 7) is 4.44.